The van der Waals surface area contributed by atoms with Gasteiger partial charge >= 0.3 is 0 Å². The van der Waals surface area contributed by atoms with Crippen molar-refractivity contribution >= 4 is 15.9 Å². The second kappa shape index (κ2) is 5.57. The van der Waals surface area contributed by atoms with Crippen LogP contribution in [0.1, 0.15) is 49.9 Å². The van der Waals surface area contributed by atoms with E-state index in [9.17, 15) is 0 Å². The van der Waals surface area contributed by atoms with Crippen molar-refractivity contribution in [2.24, 2.45) is 0 Å². The number of hydrogen-bond acceptors (Lipinski definition) is 0. The van der Waals surface area contributed by atoms with Crippen LogP contribution in [-0.2, 0) is 10.8 Å². The number of halogens is 1. The van der Waals surface area contributed by atoms with E-state index in [0.717, 1.165) is 0 Å². The van der Waals surface area contributed by atoms with Gasteiger partial charge in [-0.2, -0.15) is 0 Å². The second-order valence-corrected chi connectivity index (χ2v) is 8.89. The quantitative estimate of drug-likeness (QED) is 0.416. The van der Waals surface area contributed by atoms with E-state index in [4.69, 9.17) is 0 Å². The van der Waals surface area contributed by atoms with Crippen molar-refractivity contribution in [3.63, 3.8) is 0 Å². The summed E-state index contributed by atoms with van der Waals surface area (Å²) in [4.78, 5) is 0. The van der Waals surface area contributed by atoms with Gasteiger partial charge < -0.3 is 0 Å². The molecule has 0 fully saturated rings. The molecular formula is C24H23Br. The van der Waals surface area contributed by atoms with Crippen LogP contribution in [0.2, 0.25) is 0 Å². The minimum atomic E-state index is -0.0191. The first kappa shape index (κ1) is 16.6. The summed E-state index contributed by atoms with van der Waals surface area (Å²) < 4.78 is 1.21. The van der Waals surface area contributed by atoms with E-state index in [-0.39, 0.29) is 10.8 Å². The van der Waals surface area contributed by atoms with Gasteiger partial charge in [-0.05, 0) is 45.5 Å². The molecule has 0 amide bonds. The molecule has 0 atom stereocenters. The molecular weight excluding hydrogens is 368 g/mol. The number of rotatable bonds is 1. The molecule has 0 spiro atoms. The molecule has 1 aliphatic rings. The Bertz CT molecular complexity index is 949. The van der Waals surface area contributed by atoms with Crippen LogP contribution in [0, 0.1) is 0 Å². The van der Waals surface area contributed by atoms with E-state index < -0.39 is 0 Å². The Morgan fingerprint density at radius 3 is 2.04 bits per heavy atom. The lowest BCUT2D eigenvalue weighted by Crippen LogP contribution is -2.36. The summed E-state index contributed by atoms with van der Waals surface area (Å²) in [7, 11) is 0. The molecule has 0 unspecified atom stereocenters. The molecule has 0 saturated carbocycles. The van der Waals surface area contributed by atoms with Crippen molar-refractivity contribution in [2.75, 3.05) is 0 Å². The molecule has 25 heavy (non-hydrogen) atoms. The maximum Gasteiger partial charge on any atom is 0.0219 e. The lowest BCUT2D eigenvalue weighted by atomic mass is 9.60. The van der Waals surface area contributed by atoms with Gasteiger partial charge in [0, 0.05) is 15.3 Å². The summed E-state index contributed by atoms with van der Waals surface area (Å²) >= 11 is 3.81. The normalized spacial score (nSPS) is 16.8. The van der Waals surface area contributed by atoms with Crippen molar-refractivity contribution < 1.29 is 0 Å². The van der Waals surface area contributed by atoms with Gasteiger partial charge in [0.2, 0.25) is 0 Å². The number of fused-ring (bicyclic) bond motifs is 2. The minimum absolute atomic E-state index is 0.0184. The van der Waals surface area contributed by atoms with Crippen molar-refractivity contribution in [2.45, 2.75) is 38.5 Å². The van der Waals surface area contributed by atoms with Crippen molar-refractivity contribution in [1.82, 2.24) is 0 Å². The summed E-state index contributed by atoms with van der Waals surface area (Å²) in [6.45, 7) is 9.38. The van der Waals surface area contributed by atoms with E-state index in [0.29, 0.717) is 0 Å². The second-order valence-electron chi connectivity index (χ2n) is 8.04. The lowest BCUT2D eigenvalue weighted by Gasteiger charge is -2.44. The van der Waals surface area contributed by atoms with Gasteiger partial charge in [-0.3, -0.25) is 0 Å². The van der Waals surface area contributed by atoms with Gasteiger partial charge in [0.1, 0.15) is 0 Å². The highest BCUT2D eigenvalue weighted by Gasteiger charge is 2.42. The molecule has 3 aromatic rings. The van der Waals surface area contributed by atoms with Crippen molar-refractivity contribution in [3.05, 3.63) is 93.5 Å². The van der Waals surface area contributed by atoms with Gasteiger partial charge in [-0.1, -0.05) is 98.2 Å². The highest BCUT2D eigenvalue weighted by atomic mass is 79.9. The van der Waals surface area contributed by atoms with E-state index in [1.165, 1.54) is 37.9 Å². The van der Waals surface area contributed by atoms with Crippen LogP contribution < -0.4 is 0 Å². The fourth-order valence-corrected chi connectivity index (χ4v) is 5.24. The van der Waals surface area contributed by atoms with E-state index in [2.05, 4.69) is 110 Å². The molecule has 0 aliphatic heterocycles. The Hall–Kier alpha value is -1.86. The highest BCUT2D eigenvalue weighted by Crippen LogP contribution is 2.52. The molecule has 0 radical (unpaired) electrons. The molecule has 0 bridgehead atoms. The average Bonchev–Trinajstić information content (AvgIpc) is 2.60. The third-order valence-electron chi connectivity index (χ3n) is 5.79. The largest absolute Gasteiger partial charge is 0.0622 e. The van der Waals surface area contributed by atoms with Gasteiger partial charge in [-0.15, -0.1) is 0 Å². The fraction of sp³-hybridized carbons (Fsp3) is 0.250. The summed E-state index contributed by atoms with van der Waals surface area (Å²) in [6.07, 6.45) is 0. The summed E-state index contributed by atoms with van der Waals surface area (Å²) in [5, 5.41) is 0. The molecule has 0 nitrogen and oxygen atoms in total. The zero-order chi connectivity index (χ0) is 17.8. The first-order chi connectivity index (χ1) is 11.8. The number of benzene rings is 3. The topological polar surface area (TPSA) is 0 Å². The van der Waals surface area contributed by atoms with E-state index in [1.807, 2.05) is 0 Å². The maximum atomic E-state index is 3.81. The van der Waals surface area contributed by atoms with Crippen LogP contribution in [0.15, 0.2) is 71.2 Å². The third kappa shape index (κ3) is 2.40. The van der Waals surface area contributed by atoms with Gasteiger partial charge in [0.25, 0.3) is 0 Å². The Morgan fingerprint density at radius 1 is 0.600 bits per heavy atom. The Morgan fingerprint density at radius 2 is 1.32 bits per heavy atom. The summed E-state index contributed by atoms with van der Waals surface area (Å²) in [5.41, 5.74) is 8.23. The van der Waals surface area contributed by atoms with Crippen molar-refractivity contribution in [3.8, 4) is 11.1 Å². The van der Waals surface area contributed by atoms with Crippen LogP contribution in [0.3, 0.4) is 0 Å². The molecule has 126 valence electrons. The molecule has 4 rings (SSSR count). The van der Waals surface area contributed by atoms with Gasteiger partial charge in [0.05, 0.1) is 0 Å². The molecule has 0 saturated heterocycles. The SMILES string of the molecule is CC1(C)c2cc(-c3ccccc3)ccc2C(C)(C)c2c(Br)cccc21. The number of hydrogen-bond donors (Lipinski definition) is 0. The molecule has 3 aromatic carbocycles. The zero-order valence-corrected chi connectivity index (χ0v) is 16.8. The third-order valence-corrected chi connectivity index (χ3v) is 6.45. The van der Waals surface area contributed by atoms with Crippen LogP contribution in [-0.4, -0.2) is 0 Å². The Kier molecular flexibility index (Phi) is 3.70. The van der Waals surface area contributed by atoms with E-state index in [1.54, 1.807) is 0 Å². The zero-order valence-electron chi connectivity index (χ0n) is 15.2. The Balaban J connectivity index is 2.00. The maximum absolute atomic E-state index is 3.81. The van der Waals surface area contributed by atoms with Gasteiger partial charge in [0.15, 0.2) is 0 Å². The molecule has 0 N–H and O–H groups in total. The van der Waals surface area contributed by atoms with Crippen LogP contribution in [0.5, 0.6) is 0 Å². The first-order valence-electron chi connectivity index (χ1n) is 8.83. The predicted octanol–water partition coefficient (Wildman–Crippen LogP) is 7.08. The smallest absolute Gasteiger partial charge is 0.0219 e. The summed E-state index contributed by atoms with van der Waals surface area (Å²) in [6, 6.07) is 24.3. The van der Waals surface area contributed by atoms with Crippen LogP contribution >= 0.6 is 15.9 Å². The summed E-state index contributed by atoms with van der Waals surface area (Å²) in [5.74, 6) is 0. The van der Waals surface area contributed by atoms with Crippen LogP contribution in [0.25, 0.3) is 11.1 Å². The minimum Gasteiger partial charge on any atom is -0.0622 e. The standard InChI is InChI=1S/C24H23Br/c1-23(2)19-11-8-12-21(25)22(19)24(3,4)18-14-13-17(15-20(18)23)16-9-6-5-7-10-16/h5-15H,1-4H3. The monoisotopic (exact) mass is 390 g/mol. The van der Waals surface area contributed by atoms with Gasteiger partial charge in [-0.25, -0.2) is 0 Å². The average molecular weight is 391 g/mol. The molecule has 0 aromatic heterocycles. The highest BCUT2D eigenvalue weighted by molar-refractivity contribution is 9.10. The van der Waals surface area contributed by atoms with E-state index >= 15 is 0 Å². The molecule has 1 heteroatoms. The van der Waals surface area contributed by atoms with Crippen LogP contribution in [0.4, 0.5) is 0 Å². The molecule has 0 heterocycles. The Labute approximate surface area is 159 Å². The fourth-order valence-electron chi connectivity index (χ4n) is 4.38. The molecule has 1 aliphatic carbocycles. The predicted molar refractivity (Wildman–Crippen MR) is 110 cm³/mol. The first-order valence-corrected chi connectivity index (χ1v) is 9.62. The van der Waals surface area contributed by atoms with Crippen molar-refractivity contribution in [1.29, 1.82) is 0 Å². The lowest BCUT2D eigenvalue weighted by molar-refractivity contribution is 0.518.